The zero-order valence-electron chi connectivity index (χ0n) is 13.9. The highest BCUT2D eigenvalue weighted by Crippen LogP contribution is 2.66. The third-order valence-electron chi connectivity index (χ3n) is 8.26. The van der Waals surface area contributed by atoms with Crippen LogP contribution in [0.15, 0.2) is 11.6 Å². The Kier molecular flexibility index (Phi) is 3.14. The molecule has 0 aromatic carbocycles. The first kappa shape index (κ1) is 15.1. The minimum absolute atomic E-state index is 0.229. The Labute approximate surface area is 133 Å². The van der Waals surface area contributed by atoms with Crippen LogP contribution in [0.3, 0.4) is 0 Å². The number of nitrogens with two attached hydrogens (primary N) is 1. The van der Waals surface area contributed by atoms with Crippen molar-refractivity contribution >= 4 is 0 Å². The summed E-state index contributed by atoms with van der Waals surface area (Å²) < 4.78 is 14.4. The largest absolute Gasteiger partial charge is 0.372 e. The average Bonchev–Trinajstić information content (AvgIpc) is 2.66. The summed E-state index contributed by atoms with van der Waals surface area (Å²) in [7, 11) is 0. The van der Waals surface area contributed by atoms with Crippen molar-refractivity contribution in [2.75, 3.05) is 0 Å². The summed E-state index contributed by atoms with van der Waals surface area (Å²) in [5.41, 5.74) is 5.96. The summed E-state index contributed by atoms with van der Waals surface area (Å²) in [4.78, 5) is 0. The summed E-state index contributed by atoms with van der Waals surface area (Å²) in [5.74, 6) is 1.39. The van der Waals surface area contributed by atoms with Gasteiger partial charge in [0.05, 0.1) is 0 Å². The predicted octanol–water partition coefficient (Wildman–Crippen LogP) is 3.93. The topological polar surface area (TPSA) is 46.2 Å². The van der Waals surface area contributed by atoms with Crippen LogP contribution in [0.5, 0.6) is 0 Å². The Morgan fingerprint density at radius 2 is 2.00 bits per heavy atom. The highest BCUT2D eigenvalue weighted by molar-refractivity contribution is 5.25. The van der Waals surface area contributed by atoms with E-state index in [2.05, 4.69) is 13.0 Å². The molecule has 7 atom stereocenters. The molecule has 0 aliphatic heterocycles. The molecule has 124 valence electrons. The molecule has 0 spiro atoms. The zero-order chi connectivity index (χ0) is 15.8. The first-order valence-electron chi connectivity index (χ1n) is 9.15. The predicted molar refractivity (Wildman–Crippen MR) is 85.7 cm³/mol. The van der Waals surface area contributed by atoms with Gasteiger partial charge < -0.3 is 10.8 Å². The highest BCUT2D eigenvalue weighted by atomic mass is 19.1. The van der Waals surface area contributed by atoms with Gasteiger partial charge >= 0.3 is 0 Å². The van der Waals surface area contributed by atoms with Gasteiger partial charge in [0.1, 0.15) is 6.17 Å². The van der Waals surface area contributed by atoms with Gasteiger partial charge in [-0.3, -0.25) is 0 Å². The SMILES string of the molecule is C[C@]12CCCCC1=CC[C@@H]1[C@H]2CC[C@@]2(C)[C@H]1CC(F)C2(N)O. The first-order valence-corrected chi connectivity index (χ1v) is 9.15. The molecule has 2 nitrogen and oxygen atoms in total. The van der Waals surface area contributed by atoms with E-state index >= 15 is 0 Å². The van der Waals surface area contributed by atoms with Crippen LogP contribution in [0.4, 0.5) is 4.39 Å². The molecular formula is C19H30FNO. The van der Waals surface area contributed by atoms with Crippen molar-refractivity contribution in [2.24, 2.45) is 34.3 Å². The third kappa shape index (κ3) is 1.67. The van der Waals surface area contributed by atoms with Crippen molar-refractivity contribution in [2.45, 2.75) is 77.1 Å². The van der Waals surface area contributed by atoms with E-state index in [4.69, 9.17) is 5.73 Å². The van der Waals surface area contributed by atoms with Crippen molar-refractivity contribution in [3.8, 4) is 0 Å². The molecule has 0 aromatic rings. The Morgan fingerprint density at radius 1 is 1.23 bits per heavy atom. The molecule has 0 aromatic heterocycles. The normalized spacial score (nSPS) is 57.6. The van der Waals surface area contributed by atoms with Crippen LogP contribution in [0, 0.1) is 28.6 Å². The van der Waals surface area contributed by atoms with Crippen LogP contribution >= 0.6 is 0 Å². The van der Waals surface area contributed by atoms with Crippen LogP contribution in [-0.4, -0.2) is 17.0 Å². The molecule has 0 heterocycles. The van der Waals surface area contributed by atoms with Crippen LogP contribution in [0.25, 0.3) is 0 Å². The molecular weight excluding hydrogens is 277 g/mol. The van der Waals surface area contributed by atoms with Crippen LogP contribution < -0.4 is 5.73 Å². The number of fused-ring (bicyclic) bond motifs is 5. The molecule has 3 saturated carbocycles. The minimum Gasteiger partial charge on any atom is -0.372 e. The van der Waals surface area contributed by atoms with Gasteiger partial charge in [0, 0.05) is 5.41 Å². The monoisotopic (exact) mass is 307 g/mol. The summed E-state index contributed by atoms with van der Waals surface area (Å²) in [6, 6.07) is 0. The molecule has 4 aliphatic rings. The summed E-state index contributed by atoms with van der Waals surface area (Å²) in [5, 5.41) is 10.6. The number of rotatable bonds is 0. The summed E-state index contributed by atoms with van der Waals surface area (Å²) in [6.45, 7) is 4.49. The van der Waals surface area contributed by atoms with Crippen LogP contribution in [-0.2, 0) is 0 Å². The molecule has 22 heavy (non-hydrogen) atoms. The van der Waals surface area contributed by atoms with Crippen molar-refractivity contribution in [3.05, 3.63) is 11.6 Å². The van der Waals surface area contributed by atoms with Crippen molar-refractivity contribution in [1.29, 1.82) is 0 Å². The quantitative estimate of drug-likeness (QED) is 0.526. The van der Waals surface area contributed by atoms with Gasteiger partial charge in [0.2, 0.25) is 0 Å². The third-order valence-corrected chi connectivity index (χ3v) is 8.26. The molecule has 0 saturated heterocycles. The van der Waals surface area contributed by atoms with Gasteiger partial charge in [-0.05, 0) is 68.1 Å². The molecule has 4 aliphatic carbocycles. The molecule has 3 heteroatoms. The van der Waals surface area contributed by atoms with E-state index in [1.165, 1.54) is 25.7 Å². The number of hydrogen-bond acceptors (Lipinski definition) is 2. The molecule has 0 amide bonds. The van der Waals surface area contributed by atoms with Crippen molar-refractivity contribution < 1.29 is 9.50 Å². The number of alkyl halides is 1. The smallest absolute Gasteiger partial charge is 0.150 e. The van der Waals surface area contributed by atoms with Gasteiger partial charge in [0.15, 0.2) is 5.72 Å². The lowest BCUT2D eigenvalue weighted by atomic mass is 9.47. The Balaban J connectivity index is 1.72. The van der Waals surface area contributed by atoms with Crippen LogP contribution in [0.1, 0.15) is 65.2 Å². The molecule has 0 radical (unpaired) electrons. The van der Waals surface area contributed by atoms with Gasteiger partial charge in [-0.2, -0.15) is 0 Å². The standard InChI is InChI=1S/C19H30FNO/c1-17-9-4-3-5-12(17)6-7-13-14(17)8-10-18(2)15(13)11-16(20)19(18,21)22/h6,13-16,22H,3-5,7-11,21H2,1-2H3/t13-,14-,15+,16?,17+,18+,19?/m1/s1. The maximum Gasteiger partial charge on any atom is 0.150 e. The van der Waals surface area contributed by atoms with E-state index in [0.717, 1.165) is 19.3 Å². The van der Waals surface area contributed by atoms with Gasteiger partial charge in [-0.1, -0.05) is 31.9 Å². The number of allylic oxidation sites excluding steroid dienone is 2. The van der Waals surface area contributed by atoms with Crippen LogP contribution in [0.2, 0.25) is 0 Å². The van der Waals surface area contributed by atoms with Crippen molar-refractivity contribution in [1.82, 2.24) is 0 Å². The Bertz CT molecular complexity index is 516. The molecule has 3 N–H and O–H groups in total. The Hall–Kier alpha value is -0.410. The second kappa shape index (κ2) is 4.57. The molecule has 3 fully saturated rings. The second-order valence-electron chi connectivity index (χ2n) is 8.95. The fourth-order valence-electron chi connectivity index (χ4n) is 6.71. The molecule has 4 rings (SSSR count). The van der Waals surface area contributed by atoms with E-state index in [0.29, 0.717) is 23.7 Å². The first-order chi connectivity index (χ1) is 10.3. The fraction of sp³-hybridized carbons (Fsp3) is 0.895. The summed E-state index contributed by atoms with van der Waals surface area (Å²) in [6.07, 6.45) is 9.87. The zero-order valence-corrected chi connectivity index (χ0v) is 13.9. The fourth-order valence-corrected chi connectivity index (χ4v) is 6.71. The number of aliphatic hydroxyl groups is 1. The molecule has 0 bridgehead atoms. The van der Waals surface area contributed by atoms with E-state index in [-0.39, 0.29) is 5.92 Å². The average molecular weight is 307 g/mol. The second-order valence-corrected chi connectivity index (χ2v) is 8.95. The maximum atomic E-state index is 14.4. The van der Waals surface area contributed by atoms with E-state index in [1.54, 1.807) is 5.57 Å². The molecule has 2 unspecified atom stereocenters. The van der Waals surface area contributed by atoms with E-state index < -0.39 is 17.3 Å². The van der Waals surface area contributed by atoms with Gasteiger partial charge in [-0.25, -0.2) is 4.39 Å². The lowest BCUT2D eigenvalue weighted by Crippen LogP contribution is -2.60. The van der Waals surface area contributed by atoms with E-state index in [9.17, 15) is 9.50 Å². The lowest BCUT2D eigenvalue weighted by Gasteiger charge is -2.58. The van der Waals surface area contributed by atoms with Gasteiger partial charge in [0.25, 0.3) is 0 Å². The minimum atomic E-state index is -1.64. The van der Waals surface area contributed by atoms with E-state index in [1.807, 2.05) is 6.92 Å². The number of hydrogen-bond donors (Lipinski definition) is 2. The maximum absolute atomic E-state index is 14.4. The lowest BCUT2D eigenvalue weighted by molar-refractivity contribution is -0.136. The van der Waals surface area contributed by atoms with Gasteiger partial charge in [-0.15, -0.1) is 0 Å². The van der Waals surface area contributed by atoms with Crippen molar-refractivity contribution in [3.63, 3.8) is 0 Å². The highest BCUT2D eigenvalue weighted by Gasteiger charge is 2.66. The Morgan fingerprint density at radius 3 is 2.77 bits per heavy atom. The summed E-state index contributed by atoms with van der Waals surface area (Å²) >= 11 is 0. The number of halogens is 1.